The molecule has 6 heteroatoms. The van der Waals surface area contributed by atoms with Crippen molar-refractivity contribution in [2.45, 2.75) is 35.4 Å². The highest BCUT2D eigenvalue weighted by Crippen LogP contribution is 2.33. The lowest BCUT2D eigenvalue weighted by Gasteiger charge is -2.02. The van der Waals surface area contributed by atoms with E-state index in [1.807, 2.05) is 0 Å². The van der Waals surface area contributed by atoms with Gasteiger partial charge in [-0.3, -0.25) is 0 Å². The van der Waals surface area contributed by atoms with Gasteiger partial charge in [-0.2, -0.15) is 0 Å². The summed E-state index contributed by atoms with van der Waals surface area (Å²) in [5.41, 5.74) is 2.89. The number of ether oxygens (including phenoxy) is 1. The van der Waals surface area contributed by atoms with E-state index < -0.39 is 5.97 Å². The Hall–Kier alpha value is -1.40. The minimum atomic E-state index is -0.397. The van der Waals surface area contributed by atoms with Crippen LogP contribution >= 0.6 is 23.1 Å². The number of rotatable bonds is 4. The Kier molecular flexibility index (Phi) is 4.03. The summed E-state index contributed by atoms with van der Waals surface area (Å²) in [7, 11) is 0. The Morgan fingerprint density at radius 2 is 2.20 bits per heavy atom. The number of fused-ring (bicyclic) bond motifs is 1. The van der Waals surface area contributed by atoms with Crippen LogP contribution in [-0.4, -0.2) is 22.8 Å². The number of esters is 1. The molecule has 1 aliphatic carbocycles. The second kappa shape index (κ2) is 5.93. The molecule has 0 fully saturated rings. The quantitative estimate of drug-likeness (QED) is 0.811. The highest BCUT2D eigenvalue weighted by Gasteiger charge is 2.16. The summed E-state index contributed by atoms with van der Waals surface area (Å²) in [5.74, 6) is -0.397. The monoisotopic (exact) mass is 306 g/mol. The van der Waals surface area contributed by atoms with Gasteiger partial charge in [0.2, 0.25) is 5.01 Å². The lowest BCUT2D eigenvalue weighted by molar-refractivity contribution is 0.0525. The lowest BCUT2D eigenvalue weighted by Crippen LogP contribution is -2.03. The van der Waals surface area contributed by atoms with Gasteiger partial charge in [0.05, 0.1) is 6.61 Å². The molecule has 3 rings (SSSR count). The molecule has 1 aliphatic rings. The molecule has 0 radical (unpaired) electrons. The standard InChI is InChI=1S/C14H14N2O2S2/c1-2-18-13(17)12-15-16-14(20-12)19-11-7-6-9-4-3-5-10(9)8-11/h6-8H,2-5H2,1H3. The van der Waals surface area contributed by atoms with Gasteiger partial charge >= 0.3 is 5.97 Å². The highest BCUT2D eigenvalue weighted by atomic mass is 32.2. The predicted octanol–water partition coefficient (Wildman–Crippen LogP) is 3.35. The van der Waals surface area contributed by atoms with Crippen LogP contribution in [0.25, 0.3) is 0 Å². The Balaban J connectivity index is 1.73. The van der Waals surface area contributed by atoms with Gasteiger partial charge in [-0.1, -0.05) is 29.2 Å². The Morgan fingerprint density at radius 3 is 3.05 bits per heavy atom. The van der Waals surface area contributed by atoms with Crippen LogP contribution in [0.15, 0.2) is 27.4 Å². The third-order valence-corrected chi connectivity index (χ3v) is 5.08. The van der Waals surface area contributed by atoms with E-state index in [1.165, 1.54) is 35.3 Å². The fourth-order valence-corrected chi connectivity index (χ4v) is 4.02. The van der Waals surface area contributed by atoms with E-state index in [0.717, 1.165) is 15.7 Å². The fraction of sp³-hybridized carbons (Fsp3) is 0.357. The van der Waals surface area contributed by atoms with Crippen molar-refractivity contribution in [2.24, 2.45) is 0 Å². The van der Waals surface area contributed by atoms with Crippen LogP contribution in [0, 0.1) is 0 Å². The van der Waals surface area contributed by atoms with Gasteiger partial charge in [-0.15, -0.1) is 10.2 Å². The molecule has 104 valence electrons. The van der Waals surface area contributed by atoms with Crippen molar-refractivity contribution in [3.05, 3.63) is 34.3 Å². The molecule has 0 bridgehead atoms. The normalized spacial score (nSPS) is 13.2. The average Bonchev–Trinajstić information content (AvgIpc) is 3.07. The molecular weight excluding hydrogens is 292 g/mol. The number of benzene rings is 1. The summed E-state index contributed by atoms with van der Waals surface area (Å²) in [6.07, 6.45) is 3.59. The zero-order valence-electron chi connectivity index (χ0n) is 11.1. The number of aromatic nitrogens is 2. The van der Waals surface area contributed by atoms with E-state index in [1.54, 1.807) is 18.7 Å². The number of carbonyl (C=O) groups excluding carboxylic acids is 1. The highest BCUT2D eigenvalue weighted by molar-refractivity contribution is 8.01. The summed E-state index contributed by atoms with van der Waals surface area (Å²) < 4.78 is 5.68. The first-order valence-corrected chi connectivity index (χ1v) is 8.20. The topological polar surface area (TPSA) is 52.1 Å². The van der Waals surface area contributed by atoms with Crippen LogP contribution in [0.3, 0.4) is 0 Å². The lowest BCUT2D eigenvalue weighted by atomic mass is 10.1. The zero-order valence-corrected chi connectivity index (χ0v) is 12.7. The molecule has 0 N–H and O–H groups in total. The first kappa shape index (κ1) is 13.6. The second-order valence-corrected chi connectivity index (χ2v) is 6.78. The molecule has 0 unspecified atom stereocenters. The molecule has 0 spiro atoms. The fourth-order valence-electron chi connectivity index (χ4n) is 2.24. The summed E-state index contributed by atoms with van der Waals surface area (Å²) in [4.78, 5) is 12.7. The zero-order chi connectivity index (χ0) is 13.9. The van der Waals surface area contributed by atoms with Crippen molar-refractivity contribution in [1.29, 1.82) is 0 Å². The Labute approximate surface area is 125 Å². The van der Waals surface area contributed by atoms with Crippen molar-refractivity contribution < 1.29 is 9.53 Å². The van der Waals surface area contributed by atoms with E-state index >= 15 is 0 Å². The maximum absolute atomic E-state index is 11.5. The molecule has 0 amide bonds. The molecule has 1 heterocycles. The van der Waals surface area contributed by atoms with Gasteiger partial charge in [0, 0.05) is 4.90 Å². The average molecular weight is 306 g/mol. The van der Waals surface area contributed by atoms with Crippen LogP contribution in [0.1, 0.15) is 34.3 Å². The molecule has 1 aromatic carbocycles. The number of hydrogen-bond donors (Lipinski definition) is 0. The first-order valence-electron chi connectivity index (χ1n) is 6.56. The first-order chi connectivity index (χ1) is 9.76. The smallest absolute Gasteiger partial charge is 0.369 e. The van der Waals surface area contributed by atoms with Gasteiger partial charge in [0.25, 0.3) is 0 Å². The molecule has 0 atom stereocenters. The molecule has 20 heavy (non-hydrogen) atoms. The molecule has 0 aliphatic heterocycles. The van der Waals surface area contributed by atoms with Crippen LogP contribution < -0.4 is 0 Å². The van der Waals surface area contributed by atoms with Crippen molar-refractivity contribution in [3.63, 3.8) is 0 Å². The van der Waals surface area contributed by atoms with E-state index in [2.05, 4.69) is 28.4 Å². The molecule has 0 saturated heterocycles. The van der Waals surface area contributed by atoms with Gasteiger partial charge < -0.3 is 4.74 Å². The van der Waals surface area contributed by atoms with Crippen molar-refractivity contribution in [3.8, 4) is 0 Å². The number of aryl methyl sites for hydroxylation is 2. The third-order valence-electron chi connectivity index (χ3n) is 3.13. The molecule has 1 aromatic heterocycles. The van der Waals surface area contributed by atoms with Crippen LogP contribution in [0.4, 0.5) is 0 Å². The van der Waals surface area contributed by atoms with Crippen LogP contribution in [0.5, 0.6) is 0 Å². The molecule has 4 nitrogen and oxygen atoms in total. The maximum atomic E-state index is 11.5. The predicted molar refractivity (Wildman–Crippen MR) is 78.5 cm³/mol. The summed E-state index contributed by atoms with van der Waals surface area (Å²) in [6, 6.07) is 6.52. The Morgan fingerprint density at radius 1 is 1.35 bits per heavy atom. The van der Waals surface area contributed by atoms with Gasteiger partial charge in [-0.05, 0) is 49.4 Å². The summed E-state index contributed by atoms with van der Waals surface area (Å²) in [5, 5.41) is 8.23. The van der Waals surface area contributed by atoms with Gasteiger partial charge in [0.15, 0.2) is 4.34 Å². The van der Waals surface area contributed by atoms with E-state index in [4.69, 9.17) is 4.74 Å². The maximum Gasteiger partial charge on any atom is 0.369 e. The SMILES string of the molecule is CCOC(=O)c1nnc(Sc2ccc3c(c2)CCC3)s1. The molecule has 0 saturated carbocycles. The number of nitrogens with zero attached hydrogens (tertiary/aromatic N) is 2. The van der Waals surface area contributed by atoms with Crippen LogP contribution in [0.2, 0.25) is 0 Å². The summed E-state index contributed by atoms with van der Waals surface area (Å²) in [6.45, 7) is 2.13. The largest absolute Gasteiger partial charge is 0.461 e. The third kappa shape index (κ3) is 2.86. The minimum Gasteiger partial charge on any atom is -0.461 e. The van der Waals surface area contributed by atoms with Crippen molar-refractivity contribution in [2.75, 3.05) is 6.61 Å². The van der Waals surface area contributed by atoms with Crippen molar-refractivity contribution >= 4 is 29.1 Å². The molecular formula is C14H14N2O2S2. The van der Waals surface area contributed by atoms with Gasteiger partial charge in [0.1, 0.15) is 0 Å². The van der Waals surface area contributed by atoms with Crippen molar-refractivity contribution in [1.82, 2.24) is 10.2 Å². The van der Waals surface area contributed by atoms with Crippen LogP contribution in [-0.2, 0) is 17.6 Å². The molecule has 2 aromatic rings. The van der Waals surface area contributed by atoms with Gasteiger partial charge in [-0.25, -0.2) is 4.79 Å². The second-order valence-electron chi connectivity index (χ2n) is 4.48. The van der Waals surface area contributed by atoms with E-state index in [0.29, 0.717) is 11.6 Å². The number of hydrogen-bond acceptors (Lipinski definition) is 6. The van der Waals surface area contributed by atoms with E-state index in [9.17, 15) is 4.79 Å². The minimum absolute atomic E-state index is 0.315. The Bertz CT molecular complexity index is 640. The summed E-state index contributed by atoms with van der Waals surface area (Å²) >= 11 is 2.82. The van der Waals surface area contributed by atoms with E-state index in [-0.39, 0.29) is 0 Å². The number of carbonyl (C=O) groups is 1.